The van der Waals surface area contributed by atoms with Crippen molar-refractivity contribution in [1.29, 1.82) is 0 Å². The highest BCUT2D eigenvalue weighted by molar-refractivity contribution is 5.51. The summed E-state index contributed by atoms with van der Waals surface area (Å²) in [6, 6.07) is 3.99. The minimum Gasteiger partial charge on any atom is -0.396 e. The van der Waals surface area contributed by atoms with Crippen LogP contribution in [0, 0.1) is 6.92 Å². The zero-order chi connectivity index (χ0) is 10.7. The van der Waals surface area contributed by atoms with Gasteiger partial charge in [0, 0.05) is 13.2 Å². The molecular weight excluding hydrogens is 192 g/mol. The predicted molar refractivity (Wildman–Crippen MR) is 57.9 cm³/mol. The van der Waals surface area contributed by atoms with Crippen LogP contribution in [0.2, 0.25) is 0 Å². The molecule has 0 aliphatic heterocycles. The van der Waals surface area contributed by atoms with Gasteiger partial charge >= 0.3 is 0 Å². The first-order valence-corrected chi connectivity index (χ1v) is 4.96. The third-order valence-electron chi connectivity index (χ3n) is 2.16. The van der Waals surface area contributed by atoms with Gasteiger partial charge in [-0.25, -0.2) is 4.98 Å². The van der Waals surface area contributed by atoms with E-state index >= 15 is 0 Å². The number of rotatable bonds is 4. The molecule has 0 saturated heterocycles. The maximum atomic E-state index is 8.70. The van der Waals surface area contributed by atoms with Crippen LogP contribution in [-0.4, -0.2) is 32.9 Å². The highest BCUT2D eigenvalue weighted by atomic mass is 16.3. The van der Waals surface area contributed by atoms with E-state index in [0.29, 0.717) is 0 Å². The standard InChI is InChI=1S/C10H14N4O/c1-8-5-9(11-3-2-4-15)14-10(6-8)12-7-13-14/h5-7,11,15H,2-4H2,1H3. The molecule has 2 rings (SSSR count). The number of hydrogen-bond acceptors (Lipinski definition) is 4. The minimum atomic E-state index is 0.194. The van der Waals surface area contributed by atoms with Gasteiger partial charge in [0.1, 0.15) is 12.1 Å². The molecule has 0 radical (unpaired) electrons. The largest absolute Gasteiger partial charge is 0.396 e. The van der Waals surface area contributed by atoms with Crippen molar-refractivity contribution in [2.24, 2.45) is 0 Å². The van der Waals surface area contributed by atoms with Crippen LogP contribution in [0.5, 0.6) is 0 Å². The van der Waals surface area contributed by atoms with E-state index in [1.54, 1.807) is 4.52 Å². The summed E-state index contributed by atoms with van der Waals surface area (Å²) in [5.41, 5.74) is 1.98. The number of pyridine rings is 1. The Hall–Kier alpha value is -1.62. The van der Waals surface area contributed by atoms with Crippen LogP contribution < -0.4 is 5.32 Å². The minimum absolute atomic E-state index is 0.194. The average molecular weight is 206 g/mol. The zero-order valence-corrected chi connectivity index (χ0v) is 8.64. The van der Waals surface area contributed by atoms with Crippen LogP contribution >= 0.6 is 0 Å². The number of nitrogens with zero attached hydrogens (tertiary/aromatic N) is 3. The molecule has 0 saturated carbocycles. The maximum absolute atomic E-state index is 8.70. The van der Waals surface area contributed by atoms with E-state index < -0.39 is 0 Å². The number of fused-ring (bicyclic) bond motifs is 1. The second-order valence-electron chi connectivity index (χ2n) is 3.45. The fourth-order valence-corrected chi connectivity index (χ4v) is 1.48. The molecular formula is C10H14N4O. The van der Waals surface area contributed by atoms with Gasteiger partial charge in [0.05, 0.1) is 0 Å². The van der Waals surface area contributed by atoms with Crippen molar-refractivity contribution in [3.05, 3.63) is 24.0 Å². The van der Waals surface area contributed by atoms with Gasteiger partial charge < -0.3 is 10.4 Å². The fraction of sp³-hybridized carbons (Fsp3) is 0.400. The Kier molecular flexibility index (Phi) is 2.82. The lowest BCUT2D eigenvalue weighted by molar-refractivity contribution is 0.292. The Labute approximate surface area is 87.8 Å². The summed E-state index contributed by atoms with van der Waals surface area (Å²) in [4.78, 5) is 4.13. The lowest BCUT2D eigenvalue weighted by Gasteiger charge is -2.07. The second-order valence-corrected chi connectivity index (χ2v) is 3.45. The molecule has 5 nitrogen and oxygen atoms in total. The highest BCUT2D eigenvalue weighted by Crippen LogP contribution is 2.12. The van der Waals surface area contributed by atoms with Gasteiger partial charge in [0.25, 0.3) is 0 Å². The summed E-state index contributed by atoms with van der Waals surface area (Å²) in [5.74, 6) is 0.913. The van der Waals surface area contributed by atoms with Gasteiger partial charge in [-0.2, -0.15) is 9.61 Å². The summed E-state index contributed by atoms with van der Waals surface area (Å²) in [6.45, 7) is 2.94. The monoisotopic (exact) mass is 206 g/mol. The Morgan fingerprint density at radius 2 is 2.33 bits per heavy atom. The Morgan fingerprint density at radius 3 is 3.13 bits per heavy atom. The summed E-state index contributed by atoms with van der Waals surface area (Å²) in [7, 11) is 0. The number of aliphatic hydroxyl groups excluding tert-OH is 1. The molecule has 2 heterocycles. The van der Waals surface area contributed by atoms with Crippen molar-refractivity contribution in [3.8, 4) is 0 Å². The Balaban J connectivity index is 2.27. The van der Waals surface area contributed by atoms with Crippen molar-refractivity contribution in [1.82, 2.24) is 14.6 Å². The topological polar surface area (TPSA) is 62.5 Å². The second kappa shape index (κ2) is 4.27. The average Bonchev–Trinajstić information content (AvgIpc) is 2.65. The number of aliphatic hydroxyl groups is 1. The van der Waals surface area contributed by atoms with Crippen molar-refractivity contribution in [3.63, 3.8) is 0 Å². The van der Waals surface area contributed by atoms with Crippen molar-refractivity contribution in [2.45, 2.75) is 13.3 Å². The van der Waals surface area contributed by atoms with Gasteiger partial charge in [0.15, 0.2) is 5.65 Å². The molecule has 2 aromatic rings. The lowest BCUT2D eigenvalue weighted by atomic mass is 10.3. The van der Waals surface area contributed by atoms with E-state index in [4.69, 9.17) is 5.11 Å². The molecule has 0 aliphatic carbocycles. The summed E-state index contributed by atoms with van der Waals surface area (Å²) in [5, 5.41) is 16.0. The van der Waals surface area contributed by atoms with Crippen LogP contribution in [0.25, 0.3) is 5.65 Å². The predicted octanol–water partition coefficient (Wildman–Crippen LogP) is 0.832. The Bertz CT molecular complexity index is 452. The molecule has 0 bridgehead atoms. The van der Waals surface area contributed by atoms with Gasteiger partial charge in [-0.1, -0.05) is 0 Å². The smallest absolute Gasteiger partial charge is 0.157 e. The van der Waals surface area contributed by atoms with Gasteiger partial charge in [-0.3, -0.25) is 0 Å². The molecule has 0 aromatic carbocycles. The molecule has 0 spiro atoms. The fourth-order valence-electron chi connectivity index (χ4n) is 1.48. The molecule has 2 aromatic heterocycles. The first-order chi connectivity index (χ1) is 7.31. The maximum Gasteiger partial charge on any atom is 0.157 e. The SMILES string of the molecule is Cc1cc(NCCCO)n2ncnc2c1. The molecule has 15 heavy (non-hydrogen) atoms. The van der Waals surface area contributed by atoms with Crippen molar-refractivity contribution >= 4 is 11.5 Å². The van der Waals surface area contributed by atoms with E-state index in [1.807, 2.05) is 19.1 Å². The molecule has 0 aliphatic rings. The van der Waals surface area contributed by atoms with Gasteiger partial charge in [-0.15, -0.1) is 0 Å². The number of aryl methyl sites for hydroxylation is 1. The van der Waals surface area contributed by atoms with Crippen LogP contribution in [0.15, 0.2) is 18.5 Å². The van der Waals surface area contributed by atoms with E-state index in [2.05, 4.69) is 15.4 Å². The van der Waals surface area contributed by atoms with Gasteiger partial charge in [-0.05, 0) is 31.0 Å². The highest BCUT2D eigenvalue weighted by Gasteiger charge is 2.02. The summed E-state index contributed by atoms with van der Waals surface area (Å²) < 4.78 is 1.75. The molecule has 0 unspecified atom stereocenters. The van der Waals surface area contributed by atoms with Crippen molar-refractivity contribution in [2.75, 3.05) is 18.5 Å². The summed E-state index contributed by atoms with van der Waals surface area (Å²) in [6.07, 6.45) is 2.26. The first-order valence-electron chi connectivity index (χ1n) is 4.96. The Morgan fingerprint density at radius 1 is 1.47 bits per heavy atom. The van der Waals surface area contributed by atoms with Crippen LogP contribution in [0.1, 0.15) is 12.0 Å². The molecule has 5 heteroatoms. The normalized spacial score (nSPS) is 10.8. The molecule has 2 N–H and O–H groups in total. The van der Waals surface area contributed by atoms with Crippen molar-refractivity contribution < 1.29 is 5.11 Å². The van der Waals surface area contributed by atoms with Crippen LogP contribution in [0.3, 0.4) is 0 Å². The van der Waals surface area contributed by atoms with E-state index in [1.165, 1.54) is 6.33 Å². The number of hydrogen-bond donors (Lipinski definition) is 2. The van der Waals surface area contributed by atoms with Crippen LogP contribution in [0.4, 0.5) is 5.82 Å². The third-order valence-corrected chi connectivity index (χ3v) is 2.16. The van der Waals surface area contributed by atoms with E-state index in [9.17, 15) is 0 Å². The molecule has 80 valence electrons. The van der Waals surface area contributed by atoms with Gasteiger partial charge in [0.2, 0.25) is 0 Å². The number of anilines is 1. The van der Waals surface area contributed by atoms with E-state index in [0.717, 1.165) is 30.0 Å². The van der Waals surface area contributed by atoms with Crippen LogP contribution in [-0.2, 0) is 0 Å². The first kappa shape index (κ1) is 9.92. The molecule has 0 fully saturated rings. The third kappa shape index (κ3) is 2.07. The number of aromatic nitrogens is 3. The quantitative estimate of drug-likeness (QED) is 0.727. The van der Waals surface area contributed by atoms with E-state index in [-0.39, 0.29) is 6.61 Å². The summed E-state index contributed by atoms with van der Waals surface area (Å²) >= 11 is 0. The molecule has 0 amide bonds. The number of nitrogens with one attached hydrogen (secondary N) is 1. The lowest BCUT2D eigenvalue weighted by Crippen LogP contribution is -2.08. The zero-order valence-electron chi connectivity index (χ0n) is 8.64. The molecule has 0 atom stereocenters.